The molecule has 1 aromatic carbocycles. The third-order valence-corrected chi connectivity index (χ3v) is 5.43. The van der Waals surface area contributed by atoms with Crippen LogP contribution >= 0.6 is 0 Å². The number of carbonyl (C=O) groups is 2. The van der Waals surface area contributed by atoms with Gasteiger partial charge in [-0.2, -0.15) is 0 Å². The maximum Gasteiger partial charge on any atom is 0.225 e. The lowest BCUT2D eigenvalue weighted by Gasteiger charge is -2.35. The number of hydrogen-bond acceptors (Lipinski definition) is 2. The molecular formula is C20H27FN2O2. The van der Waals surface area contributed by atoms with Gasteiger partial charge in [0, 0.05) is 26.1 Å². The van der Waals surface area contributed by atoms with Gasteiger partial charge in [-0.1, -0.05) is 31.4 Å². The van der Waals surface area contributed by atoms with Gasteiger partial charge in [0.25, 0.3) is 0 Å². The predicted molar refractivity (Wildman–Crippen MR) is 94.1 cm³/mol. The molecule has 1 atom stereocenters. The average Bonchev–Trinajstić information content (AvgIpc) is 2.62. The van der Waals surface area contributed by atoms with E-state index in [1.54, 1.807) is 12.1 Å². The molecule has 1 aliphatic carbocycles. The quantitative estimate of drug-likeness (QED) is 0.890. The lowest BCUT2D eigenvalue weighted by atomic mass is 9.87. The molecule has 1 saturated carbocycles. The molecule has 5 heteroatoms. The Bertz CT molecular complexity index is 613. The molecule has 25 heavy (non-hydrogen) atoms. The number of nitrogens with one attached hydrogen (secondary N) is 1. The highest BCUT2D eigenvalue weighted by Gasteiger charge is 2.31. The van der Waals surface area contributed by atoms with Crippen LogP contribution in [0.2, 0.25) is 0 Å². The van der Waals surface area contributed by atoms with Gasteiger partial charge in [0.15, 0.2) is 0 Å². The fourth-order valence-corrected chi connectivity index (χ4v) is 3.97. The summed E-state index contributed by atoms with van der Waals surface area (Å²) in [5, 5.41) is 2.89. The molecule has 0 unspecified atom stereocenters. The molecule has 1 saturated heterocycles. The second-order valence-electron chi connectivity index (χ2n) is 7.39. The summed E-state index contributed by atoms with van der Waals surface area (Å²) in [6.07, 6.45) is 7.25. The first-order chi connectivity index (χ1) is 12.1. The number of halogens is 1. The third-order valence-electron chi connectivity index (χ3n) is 5.43. The van der Waals surface area contributed by atoms with Crippen molar-refractivity contribution >= 4 is 11.8 Å². The Morgan fingerprint density at radius 1 is 1.20 bits per heavy atom. The predicted octanol–water partition coefficient (Wildman–Crippen LogP) is 3.26. The number of benzene rings is 1. The van der Waals surface area contributed by atoms with E-state index in [-0.39, 0.29) is 23.5 Å². The number of nitrogens with zero attached hydrogens (tertiary/aromatic N) is 1. The van der Waals surface area contributed by atoms with E-state index in [1.165, 1.54) is 44.2 Å². The van der Waals surface area contributed by atoms with Gasteiger partial charge in [-0.05, 0) is 42.9 Å². The Morgan fingerprint density at radius 2 is 2.00 bits per heavy atom. The second-order valence-corrected chi connectivity index (χ2v) is 7.39. The highest BCUT2D eigenvalue weighted by Crippen LogP contribution is 2.27. The van der Waals surface area contributed by atoms with Crippen LogP contribution in [0.3, 0.4) is 0 Å². The van der Waals surface area contributed by atoms with Gasteiger partial charge in [0.1, 0.15) is 5.82 Å². The molecule has 2 aliphatic rings. The molecule has 3 rings (SSSR count). The lowest BCUT2D eigenvalue weighted by molar-refractivity contribution is -0.139. The Kier molecular flexibility index (Phi) is 6.05. The molecule has 0 spiro atoms. The number of piperidine rings is 1. The number of likely N-dealkylation sites (tertiary alicyclic amines) is 1. The minimum absolute atomic E-state index is 0.0367. The van der Waals surface area contributed by atoms with Crippen LogP contribution in [0.1, 0.15) is 50.5 Å². The highest BCUT2D eigenvalue weighted by molar-refractivity contribution is 5.83. The molecule has 136 valence electrons. The molecule has 0 aromatic heterocycles. The first kappa shape index (κ1) is 17.9. The van der Waals surface area contributed by atoms with Gasteiger partial charge in [-0.3, -0.25) is 9.59 Å². The van der Waals surface area contributed by atoms with Crippen LogP contribution in [0.5, 0.6) is 0 Å². The van der Waals surface area contributed by atoms with Crippen molar-refractivity contribution in [3.8, 4) is 0 Å². The fourth-order valence-electron chi connectivity index (χ4n) is 3.97. The summed E-state index contributed by atoms with van der Waals surface area (Å²) in [4.78, 5) is 26.6. The van der Waals surface area contributed by atoms with Gasteiger partial charge >= 0.3 is 0 Å². The SMILES string of the molecule is O=C(NCc1cccc(F)c1)[C@@H]1CCC(=O)N(CC2CCCCC2)C1. The summed E-state index contributed by atoms with van der Waals surface area (Å²) >= 11 is 0. The standard InChI is InChI=1S/C20H27FN2O2/c21-18-8-4-7-16(11-18)12-22-20(25)17-9-10-19(24)23(14-17)13-15-5-2-1-3-6-15/h4,7-8,11,15,17H,1-3,5-6,9-10,12-14H2,(H,22,25)/t17-/m1/s1. The van der Waals surface area contributed by atoms with Crippen molar-refractivity contribution in [2.45, 2.75) is 51.5 Å². The minimum atomic E-state index is -0.298. The van der Waals surface area contributed by atoms with E-state index in [1.807, 2.05) is 4.90 Å². The van der Waals surface area contributed by atoms with Crippen LogP contribution in [0, 0.1) is 17.7 Å². The van der Waals surface area contributed by atoms with Crippen LogP contribution in [0.25, 0.3) is 0 Å². The van der Waals surface area contributed by atoms with E-state index in [2.05, 4.69) is 5.32 Å². The maximum atomic E-state index is 13.2. The van der Waals surface area contributed by atoms with Crippen molar-refractivity contribution in [1.82, 2.24) is 10.2 Å². The fraction of sp³-hybridized carbons (Fsp3) is 0.600. The monoisotopic (exact) mass is 346 g/mol. The first-order valence-corrected chi connectivity index (χ1v) is 9.42. The van der Waals surface area contributed by atoms with E-state index in [4.69, 9.17) is 0 Å². The summed E-state index contributed by atoms with van der Waals surface area (Å²) < 4.78 is 13.2. The normalized spacial score (nSPS) is 22.0. The van der Waals surface area contributed by atoms with E-state index >= 15 is 0 Å². The third kappa shape index (κ3) is 5.03. The zero-order valence-electron chi connectivity index (χ0n) is 14.7. The van der Waals surface area contributed by atoms with Gasteiger partial charge < -0.3 is 10.2 Å². The van der Waals surface area contributed by atoms with Gasteiger partial charge in [0.2, 0.25) is 11.8 Å². The topological polar surface area (TPSA) is 49.4 Å². The maximum absolute atomic E-state index is 13.2. The Balaban J connectivity index is 1.51. The smallest absolute Gasteiger partial charge is 0.225 e. The number of hydrogen-bond donors (Lipinski definition) is 1. The van der Waals surface area contributed by atoms with Crippen LogP contribution in [-0.2, 0) is 16.1 Å². The molecular weight excluding hydrogens is 319 g/mol. The summed E-state index contributed by atoms with van der Waals surface area (Å²) in [6, 6.07) is 6.26. The van der Waals surface area contributed by atoms with E-state index in [0.717, 1.165) is 12.1 Å². The zero-order chi connectivity index (χ0) is 17.6. The molecule has 1 aromatic rings. The minimum Gasteiger partial charge on any atom is -0.352 e. The number of carbonyl (C=O) groups excluding carboxylic acids is 2. The Labute approximate surface area is 148 Å². The van der Waals surface area contributed by atoms with Crippen molar-refractivity contribution in [1.29, 1.82) is 0 Å². The van der Waals surface area contributed by atoms with Crippen molar-refractivity contribution in [2.75, 3.05) is 13.1 Å². The first-order valence-electron chi connectivity index (χ1n) is 9.42. The molecule has 1 heterocycles. The van der Waals surface area contributed by atoms with Crippen LogP contribution in [0.4, 0.5) is 4.39 Å². The zero-order valence-corrected chi connectivity index (χ0v) is 14.7. The van der Waals surface area contributed by atoms with E-state index in [9.17, 15) is 14.0 Å². The van der Waals surface area contributed by atoms with Crippen LogP contribution in [0.15, 0.2) is 24.3 Å². The number of amides is 2. The van der Waals surface area contributed by atoms with Gasteiger partial charge in [0.05, 0.1) is 5.92 Å². The molecule has 1 aliphatic heterocycles. The number of rotatable bonds is 5. The molecule has 1 N–H and O–H groups in total. The van der Waals surface area contributed by atoms with Crippen molar-refractivity contribution in [3.05, 3.63) is 35.6 Å². The Morgan fingerprint density at radius 3 is 2.76 bits per heavy atom. The summed E-state index contributed by atoms with van der Waals surface area (Å²) in [6.45, 7) is 1.64. The largest absolute Gasteiger partial charge is 0.352 e. The molecule has 2 amide bonds. The Hall–Kier alpha value is -1.91. The molecule has 2 fully saturated rings. The van der Waals surface area contributed by atoms with E-state index < -0.39 is 0 Å². The lowest BCUT2D eigenvalue weighted by Crippen LogP contribution is -2.47. The van der Waals surface area contributed by atoms with Gasteiger partial charge in [-0.15, -0.1) is 0 Å². The summed E-state index contributed by atoms with van der Waals surface area (Å²) in [5.74, 6) is 0.278. The van der Waals surface area contributed by atoms with Crippen molar-refractivity contribution < 1.29 is 14.0 Å². The van der Waals surface area contributed by atoms with Gasteiger partial charge in [-0.25, -0.2) is 4.39 Å². The highest BCUT2D eigenvalue weighted by atomic mass is 19.1. The van der Waals surface area contributed by atoms with E-state index in [0.29, 0.717) is 31.8 Å². The van der Waals surface area contributed by atoms with Crippen molar-refractivity contribution in [3.63, 3.8) is 0 Å². The molecule has 0 radical (unpaired) electrons. The van der Waals surface area contributed by atoms with Crippen LogP contribution < -0.4 is 5.32 Å². The van der Waals surface area contributed by atoms with Crippen LogP contribution in [-0.4, -0.2) is 29.8 Å². The summed E-state index contributed by atoms with van der Waals surface area (Å²) in [7, 11) is 0. The molecule has 4 nitrogen and oxygen atoms in total. The van der Waals surface area contributed by atoms with Crippen molar-refractivity contribution in [2.24, 2.45) is 11.8 Å². The average molecular weight is 346 g/mol. The summed E-state index contributed by atoms with van der Waals surface area (Å²) in [5.41, 5.74) is 0.749. The molecule has 0 bridgehead atoms. The second kappa shape index (κ2) is 8.45.